The number of Topliss-reactive ketones (excluding diaryl/α,β-unsaturated/α-hetero) is 2. The van der Waals surface area contributed by atoms with Crippen molar-refractivity contribution >= 4 is 22.5 Å². The second-order valence-electron chi connectivity index (χ2n) is 3.41. The van der Waals surface area contributed by atoms with E-state index >= 15 is 0 Å². The molecule has 0 atom stereocenters. The van der Waals surface area contributed by atoms with E-state index in [9.17, 15) is 9.59 Å². The summed E-state index contributed by atoms with van der Waals surface area (Å²) in [6.07, 6.45) is 0. The zero-order valence-corrected chi connectivity index (χ0v) is 8.53. The summed E-state index contributed by atoms with van der Waals surface area (Å²) in [5.41, 5.74) is 0.964. The van der Waals surface area contributed by atoms with E-state index in [2.05, 4.69) is 0 Å². The van der Waals surface area contributed by atoms with Crippen molar-refractivity contribution in [1.82, 2.24) is 0 Å². The molecule has 0 amide bonds. The Morgan fingerprint density at radius 2 is 1.73 bits per heavy atom. The quantitative estimate of drug-likeness (QED) is 0.703. The topological polar surface area (TPSA) is 47.3 Å². The van der Waals surface area contributed by atoms with Crippen molar-refractivity contribution in [3.8, 4) is 0 Å². The molecular weight excluding hydrogens is 192 g/mol. The van der Waals surface area contributed by atoms with Crippen molar-refractivity contribution in [1.29, 1.82) is 0 Å². The molecular formula is C12H10O3. The number of rotatable bonds is 2. The predicted molar refractivity (Wildman–Crippen MR) is 56.2 cm³/mol. The Labute approximate surface area is 86.7 Å². The average Bonchev–Trinajstić information content (AvgIpc) is 2.56. The van der Waals surface area contributed by atoms with Gasteiger partial charge >= 0.3 is 0 Å². The minimum Gasteiger partial charge on any atom is -0.452 e. The maximum Gasteiger partial charge on any atom is 0.195 e. The molecule has 0 bridgehead atoms. The Morgan fingerprint density at radius 3 is 2.33 bits per heavy atom. The third-order valence-corrected chi connectivity index (χ3v) is 2.27. The normalized spacial score (nSPS) is 10.5. The van der Waals surface area contributed by atoms with E-state index in [0.29, 0.717) is 16.5 Å². The number of fused-ring (bicyclic) bond motifs is 1. The van der Waals surface area contributed by atoms with E-state index in [0.717, 1.165) is 0 Å². The molecule has 0 aliphatic heterocycles. The van der Waals surface area contributed by atoms with Gasteiger partial charge in [0.2, 0.25) is 0 Å². The first-order chi connectivity index (χ1) is 7.11. The van der Waals surface area contributed by atoms with Crippen LogP contribution >= 0.6 is 0 Å². The number of furan rings is 1. The monoisotopic (exact) mass is 202 g/mol. The highest BCUT2D eigenvalue weighted by Gasteiger charge is 2.20. The molecule has 0 fully saturated rings. The fraction of sp³-hybridized carbons (Fsp3) is 0.167. The van der Waals surface area contributed by atoms with Gasteiger partial charge < -0.3 is 4.42 Å². The Bertz CT molecular complexity index is 549. The van der Waals surface area contributed by atoms with Crippen LogP contribution in [0.3, 0.4) is 0 Å². The molecule has 2 aromatic rings. The molecule has 1 aromatic carbocycles. The summed E-state index contributed by atoms with van der Waals surface area (Å²) in [6.45, 7) is 2.83. The maximum atomic E-state index is 11.4. The molecule has 0 spiro atoms. The van der Waals surface area contributed by atoms with Crippen LogP contribution in [-0.2, 0) is 0 Å². The molecule has 0 N–H and O–H groups in total. The summed E-state index contributed by atoms with van der Waals surface area (Å²) in [7, 11) is 0. The van der Waals surface area contributed by atoms with E-state index < -0.39 is 0 Å². The Hall–Kier alpha value is -1.90. The van der Waals surface area contributed by atoms with Crippen molar-refractivity contribution in [2.24, 2.45) is 0 Å². The smallest absolute Gasteiger partial charge is 0.195 e. The molecule has 1 heterocycles. The molecule has 0 aliphatic carbocycles. The average molecular weight is 202 g/mol. The second-order valence-corrected chi connectivity index (χ2v) is 3.41. The van der Waals surface area contributed by atoms with Crippen LogP contribution in [-0.4, -0.2) is 11.6 Å². The third kappa shape index (κ3) is 1.46. The molecule has 0 radical (unpaired) electrons. The molecule has 3 heteroatoms. The number of hydrogen-bond donors (Lipinski definition) is 0. The molecule has 0 saturated heterocycles. The van der Waals surface area contributed by atoms with Crippen molar-refractivity contribution in [3.63, 3.8) is 0 Å². The van der Waals surface area contributed by atoms with Crippen LogP contribution in [0.2, 0.25) is 0 Å². The lowest BCUT2D eigenvalue weighted by Crippen LogP contribution is -2.00. The predicted octanol–water partition coefficient (Wildman–Crippen LogP) is 2.84. The van der Waals surface area contributed by atoms with Gasteiger partial charge in [0.1, 0.15) is 5.58 Å². The molecule has 76 valence electrons. The highest BCUT2D eigenvalue weighted by molar-refractivity contribution is 6.14. The standard InChI is InChI=1S/C12H10O3/c1-7(13)11-9-5-3-4-6-10(9)15-12(11)8(2)14/h3-6H,1-2H3. The van der Waals surface area contributed by atoms with Gasteiger partial charge in [0.05, 0.1) is 5.56 Å². The summed E-state index contributed by atoms with van der Waals surface area (Å²) in [6, 6.07) is 7.14. The van der Waals surface area contributed by atoms with E-state index in [-0.39, 0.29) is 17.3 Å². The van der Waals surface area contributed by atoms with Gasteiger partial charge in [-0.2, -0.15) is 0 Å². The van der Waals surface area contributed by atoms with E-state index in [4.69, 9.17) is 4.42 Å². The number of para-hydroxylation sites is 1. The lowest BCUT2D eigenvalue weighted by atomic mass is 10.1. The molecule has 15 heavy (non-hydrogen) atoms. The molecule has 2 rings (SSSR count). The van der Waals surface area contributed by atoms with E-state index in [1.54, 1.807) is 18.2 Å². The minimum atomic E-state index is -0.226. The van der Waals surface area contributed by atoms with Gasteiger partial charge in [0.15, 0.2) is 17.3 Å². The second kappa shape index (κ2) is 3.35. The first-order valence-electron chi connectivity index (χ1n) is 4.64. The lowest BCUT2D eigenvalue weighted by Gasteiger charge is -1.93. The Kier molecular flexibility index (Phi) is 2.15. The van der Waals surface area contributed by atoms with Gasteiger partial charge in [0, 0.05) is 12.3 Å². The molecule has 3 nitrogen and oxygen atoms in total. The number of ketones is 2. The van der Waals surface area contributed by atoms with Crippen LogP contribution in [0, 0.1) is 0 Å². The fourth-order valence-corrected chi connectivity index (χ4v) is 1.64. The largest absolute Gasteiger partial charge is 0.452 e. The van der Waals surface area contributed by atoms with Crippen LogP contribution < -0.4 is 0 Å². The van der Waals surface area contributed by atoms with Crippen LogP contribution in [0.5, 0.6) is 0 Å². The summed E-state index contributed by atoms with van der Waals surface area (Å²) in [4.78, 5) is 22.7. The van der Waals surface area contributed by atoms with Crippen LogP contribution in [0.15, 0.2) is 28.7 Å². The van der Waals surface area contributed by atoms with Crippen LogP contribution in [0.1, 0.15) is 34.8 Å². The summed E-state index contributed by atoms with van der Waals surface area (Å²) >= 11 is 0. The highest BCUT2D eigenvalue weighted by atomic mass is 16.3. The van der Waals surface area contributed by atoms with Crippen LogP contribution in [0.25, 0.3) is 11.0 Å². The van der Waals surface area contributed by atoms with E-state index in [1.807, 2.05) is 6.07 Å². The number of benzene rings is 1. The minimum absolute atomic E-state index is 0.148. The molecule has 0 unspecified atom stereocenters. The highest BCUT2D eigenvalue weighted by Crippen LogP contribution is 2.26. The first-order valence-corrected chi connectivity index (χ1v) is 4.64. The maximum absolute atomic E-state index is 11.4. The van der Waals surface area contributed by atoms with E-state index in [1.165, 1.54) is 13.8 Å². The SMILES string of the molecule is CC(=O)c1oc2ccccc2c1C(C)=O. The van der Waals surface area contributed by atoms with Gasteiger partial charge in [-0.1, -0.05) is 18.2 Å². The lowest BCUT2D eigenvalue weighted by molar-refractivity contribution is 0.0963. The Morgan fingerprint density at radius 1 is 1.07 bits per heavy atom. The van der Waals surface area contributed by atoms with Gasteiger partial charge in [0.25, 0.3) is 0 Å². The summed E-state index contributed by atoms with van der Waals surface area (Å²) in [5.74, 6) is -0.217. The number of carbonyl (C=O) groups excluding carboxylic acids is 2. The summed E-state index contributed by atoms with van der Waals surface area (Å²) in [5, 5.41) is 0.704. The first kappa shape index (κ1) is 9.65. The van der Waals surface area contributed by atoms with Gasteiger partial charge in [-0.25, -0.2) is 0 Å². The van der Waals surface area contributed by atoms with Crippen molar-refractivity contribution in [3.05, 3.63) is 35.6 Å². The number of hydrogen-bond acceptors (Lipinski definition) is 3. The van der Waals surface area contributed by atoms with Crippen molar-refractivity contribution < 1.29 is 14.0 Å². The zero-order valence-electron chi connectivity index (χ0n) is 8.53. The summed E-state index contributed by atoms with van der Waals surface area (Å²) < 4.78 is 5.35. The molecule has 0 saturated carbocycles. The van der Waals surface area contributed by atoms with Gasteiger partial charge in [-0.15, -0.1) is 0 Å². The van der Waals surface area contributed by atoms with Crippen LogP contribution in [0.4, 0.5) is 0 Å². The van der Waals surface area contributed by atoms with Gasteiger partial charge in [-0.05, 0) is 13.0 Å². The van der Waals surface area contributed by atoms with Crippen molar-refractivity contribution in [2.75, 3.05) is 0 Å². The molecule has 0 aliphatic rings. The Balaban J connectivity index is 2.86. The van der Waals surface area contributed by atoms with Gasteiger partial charge in [-0.3, -0.25) is 9.59 Å². The molecule has 1 aromatic heterocycles. The third-order valence-electron chi connectivity index (χ3n) is 2.27. The zero-order chi connectivity index (χ0) is 11.0. The number of carbonyl (C=O) groups is 2. The fourth-order valence-electron chi connectivity index (χ4n) is 1.64. The van der Waals surface area contributed by atoms with Crippen molar-refractivity contribution in [2.45, 2.75) is 13.8 Å².